The summed E-state index contributed by atoms with van der Waals surface area (Å²) in [5.74, 6) is 0.315. The van der Waals surface area contributed by atoms with Gasteiger partial charge in [-0.25, -0.2) is 0 Å². The van der Waals surface area contributed by atoms with Crippen LogP contribution in [0, 0.1) is 11.3 Å². The lowest BCUT2D eigenvalue weighted by molar-refractivity contribution is 0.0942. The Hall–Kier alpha value is -3.66. The van der Waals surface area contributed by atoms with Crippen molar-refractivity contribution in [2.75, 3.05) is 13.2 Å². The maximum Gasteiger partial charge on any atom is 0.274 e. The van der Waals surface area contributed by atoms with E-state index in [9.17, 15) is 4.79 Å². The Balaban J connectivity index is 1.53. The summed E-state index contributed by atoms with van der Waals surface area (Å²) in [7, 11) is 0. The van der Waals surface area contributed by atoms with Crippen LogP contribution < -0.4 is 10.1 Å². The number of carbonyl (C=O) groups is 1. The number of H-pyrrole nitrogens is 1. The van der Waals surface area contributed by atoms with Gasteiger partial charge in [0.2, 0.25) is 0 Å². The first-order valence-electron chi connectivity index (χ1n) is 7.65. The van der Waals surface area contributed by atoms with Crippen LogP contribution >= 0.6 is 0 Å². The first kappa shape index (κ1) is 16.2. The predicted molar refractivity (Wildman–Crippen MR) is 90.8 cm³/mol. The molecule has 7 nitrogen and oxygen atoms in total. The Morgan fingerprint density at radius 1 is 1.12 bits per heavy atom. The van der Waals surface area contributed by atoms with E-state index in [-0.39, 0.29) is 11.6 Å². The van der Waals surface area contributed by atoms with Gasteiger partial charge in [-0.05, 0) is 24.3 Å². The lowest BCUT2D eigenvalue weighted by atomic mass is 10.1. The highest BCUT2D eigenvalue weighted by atomic mass is 16.5. The minimum absolute atomic E-state index is 0.240. The summed E-state index contributed by atoms with van der Waals surface area (Å²) in [4.78, 5) is 12.3. The van der Waals surface area contributed by atoms with Crippen LogP contribution in [-0.2, 0) is 0 Å². The molecule has 3 rings (SSSR count). The summed E-state index contributed by atoms with van der Waals surface area (Å²) in [6, 6.07) is 18.2. The number of amides is 1. The fraction of sp³-hybridized carbons (Fsp3) is 0.111. The van der Waals surface area contributed by atoms with Crippen molar-refractivity contribution in [1.82, 2.24) is 20.7 Å². The number of hydrogen-bond acceptors (Lipinski definition) is 5. The van der Waals surface area contributed by atoms with Crippen LogP contribution in [0.5, 0.6) is 5.75 Å². The molecule has 1 amide bonds. The van der Waals surface area contributed by atoms with Gasteiger partial charge in [0.1, 0.15) is 18.1 Å². The molecule has 0 aliphatic rings. The summed E-state index contributed by atoms with van der Waals surface area (Å²) >= 11 is 0. The van der Waals surface area contributed by atoms with E-state index in [1.54, 1.807) is 24.3 Å². The third-order valence-corrected chi connectivity index (χ3v) is 3.45. The number of benzene rings is 2. The molecule has 0 fully saturated rings. The van der Waals surface area contributed by atoms with Gasteiger partial charge in [0.15, 0.2) is 5.69 Å². The van der Waals surface area contributed by atoms with Crippen LogP contribution in [-0.4, -0.2) is 34.5 Å². The van der Waals surface area contributed by atoms with Crippen LogP contribution in [0.1, 0.15) is 16.1 Å². The summed E-state index contributed by atoms with van der Waals surface area (Å²) < 4.78 is 5.52. The number of nitriles is 1. The standard InChI is InChI=1S/C18H15N5O2/c19-12-13-6-8-15(9-7-13)25-11-10-20-18(24)17-16(21-23-22-17)14-4-2-1-3-5-14/h1-9H,10-11H2,(H,20,24)(H,21,22,23). The number of aromatic amines is 1. The lowest BCUT2D eigenvalue weighted by Crippen LogP contribution is -2.28. The number of aromatic nitrogens is 3. The van der Waals surface area contributed by atoms with Crippen LogP contribution in [0.25, 0.3) is 11.3 Å². The van der Waals surface area contributed by atoms with Gasteiger partial charge in [0.05, 0.1) is 18.2 Å². The highest BCUT2D eigenvalue weighted by Gasteiger charge is 2.17. The molecule has 0 saturated carbocycles. The van der Waals surface area contributed by atoms with Crippen molar-refractivity contribution in [1.29, 1.82) is 5.26 Å². The second-order valence-electron chi connectivity index (χ2n) is 5.13. The predicted octanol–water partition coefficient (Wildman–Crippen LogP) is 2.15. The van der Waals surface area contributed by atoms with E-state index in [4.69, 9.17) is 10.00 Å². The van der Waals surface area contributed by atoms with E-state index in [1.165, 1.54) is 0 Å². The molecule has 0 atom stereocenters. The monoisotopic (exact) mass is 333 g/mol. The van der Waals surface area contributed by atoms with Gasteiger partial charge in [-0.3, -0.25) is 4.79 Å². The van der Waals surface area contributed by atoms with Crippen molar-refractivity contribution in [3.8, 4) is 23.1 Å². The Morgan fingerprint density at radius 2 is 1.88 bits per heavy atom. The zero-order valence-corrected chi connectivity index (χ0v) is 13.3. The van der Waals surface area contributed by atoms with Crippen LogP contribution in [0.15, 0.2) is 54.6 Å². The molecule has 0 aliphatic carbocycles. The zero-order chi connectivity index (χ0) is 17.5. The van der Waals surface area contributed by atoms with E-state index < -0.39 is 0 Å². The molecule has 0 unspecified atom stereocenters. The highest BCUT2D eigenvalue weighted by Crippen LogP contribution is 2.18. The second-order valence-corrected chi connectivity index (χ2v) is 5.13. The molecule has 0 radical (unpaired) electrons. The summed E-state index contributed by atoms with van der Waals surface area (Å²) in [5, 5.41) is 22.0. The number of hydrogen-bond donors (Lipinski definition) is 2. The first-order valence-corrected chi connectivity index (χ1v) is 7.65. The van der Waals surface area contributed by atoms with Gasteiger partial charge in [0, 0.05) is 5.56 Å². The molecule has 3 aromatic rings. The molecular formula is C18H15N5O2. The molecule has 1 aromatic heterocycles. The topological polar surface area (TPSA) is 104 Å². The fourth-order valence-corrected chi connectivity index (χ4v) is 2.23. The maximum absolute atomic E-state index is 12.3. The fourth-order valence-electron chi connectivity index (χ4n) is 2.23. The average Bonchev–Trinajstić information content (AvgIpc) is 3.16. The summed E-state index contributed by atoms with van der Waals surface area (Å²) in [6.45, 7) is 0.621. The Labute approximate surface area is 144 Å². The van der Waals surface area contributed by atoms with Gasteiger partial charge < -0.3 is 10.1 Å². The molecular weight excluding hydrogens is 318 g/mol. The number of nitrogens with one attached hydrogen (secondary N) is 2. The summed E-state index contributed by atoms with van der Waals surface area (Å²) in [6.07, 6.45) is 0. The van der Waals surface area contributed by atoms with Crippen LogP contribution in [0.4, 0.5) is 0 Å². The van der Waals surface area contributed by atoms with Crippen molar-refractivity contribution in [2.24, 2.45) is 0 Å². The molecule has 0 spiro atoms. The molecule has 124 valence electrons. The third-order valence-electron chi connectivity index (χ3n) is 3.45. The van der Waals surface area contributed by atoms with Gasteiger partial charge in [0.25, 0.3) is 5.91 Å². The van der Waals surface area contributed by atoms with Gasteiger partial charge in [-0.2, -0.15) is 20.7 Å². The minimum atomic E-state index is -0.323. The van der Waals surface area contributed by atoms with Crippen molar-refractivity contribution in [3.63, 3.8) is 0 Å². The van der Waals surface area contributed by atoms with Crippen molar-refractivity contribution >= 4 is 5.91 Å². The Morgan fingerprint density at radius 3 is 2.60 bits per heavy atom. The molecule has 2 aromatic carbocycles. The third kappa shape index (κ3) is 4.00. The quantitative estimate of drug-likeness (QED) is 0.673. The molecule has 25 heavy (non-hydrogen) atoms. The molecule has 1 heterocycles. The smallest absolute Gasteiger partial charge is 0.274 e. The van der Waals surface area contributed by atoms with Gasteiger partial charge >= 0.3 is 0 Å². The van der Waals surface area contributed by atoms with Crippen molar-refractivity contribution in [3.05, 3.63) is 65.9 Å². The lowest BCUT2D eigenvalue weighted by Gasteiger charge is -2.07. The minimum Gasteiger partial charge on any atom is -0.492 e. The normalized spacial score (nSPS) is 10.0. The van der Waals surface area contributed by atoms with E-state index in [0.717, 1.165) is 5.56 Å². The first-order chi connectivity index (χ1) is 12.3. The SMILES string of the molecule is N#Cc1ccc(OCCNC(=O)c2n[nH]nc2-c2ccccc2)cc1. The number of carbonyl (C=O) groups excluding carboxylic acids is 1. The van der Waals surface area contributed by atoms with Crippen LogP contribution in [0.3, 0.4) is 0 Å². The number of rotatable bonds is 6. The average molecular weight is 333 g/mol. The van der Waals surface area contributed by atoms with Crippen molar-refractivity contribution < 1.29 is 9.53 Å². The molecule has 7 heteroatoms. The Bertz CT molecular complexity index is 882. The largest absolute Gasteiger partial charge is 0.492 e. The second kappa shape index (κ2) is 7.75. The molecule has 0 bridgehead atoms. The van der Waals surface area contributed by atoms with E-state index in [1.807, 2.05) is 36.4 Å². The van der Waals surface area contributed by atoms with E-state index in [0.29, 0.717) is 30.2 Å². The van der Waals surface area contributed by atoms with Crippen LogP contribution in [0.2, 0.25) is 0 Å². The van der Waals surface area contributed by atoms with E-state index in [2.05, 4.69) is 20.7 Å². The molecule has 2 N–H and O–H groups in total. The summed E-state index contributed by atoms with van der Waals surface area (Å²) in [5.41, 5.74) is 2.13. The van der Waals surface area contributed by atoms with E-state index >= 15 is 0 Å². The number of nitrogens with zero attached hydrogens (tertiary/aromatic N) is 3. The van der Waals surface area contributed by atoms with Gasteiger partial charge in [-0.1, -0.05) is 30.3 Å². The zero-order valence-electron chi connectivity index (χ0n) is 13.3. The van der Waals surface area contributed by atoms with Crippen molar-refractivity contribution in [2.45, 2.75) is 0 Å². The maximum atomic E-state index is 12.3. The van der Waals surface area contributed by atoms with Gasteiger partial charge in [-0.15, -0.1) is 0 Å². The molecule has 0 aliphatic heterocycles. The Kier molecular flexibility index (Phi) is 5.02. The molecule has 0 saturated heterocycles. The highest BCUT2D eigenvalue weighted by molar-refractivity contribution is 5.97. The number of ether oxygens (including phenoxy) is 1.